The fraction of sp³-hybridized carbons (Fsp3) is 0.235. The molecule has 0 unspecified atom stereocenters. The molecule has 3 nitrogen and oxygen atoms in total. The van der Waals surface area contributed by atoms with E-state index in [-0.39, 0.29) is 6.42 Å². The smallest absolute Gasteiger partial charge is 0.303 e. The highest BCUT2D eigenvalue weighted by atomic mass is 79.9. The lowest BCUT2D eigenvalue weighted by Gasteiger charge is -2.13. The summed E-state index contributed by atoms with van der Waals surface area (Å²) in [6.07, 6.45) is 0.657. The minimum atomic E-state index is -0.784. The number of carboxylic acids is 1. The second-order valence-corrected chi connectivity index (χ2v) is 5.75. The maximum atomic E-state index is 10.6. The van der Waals surface area contributed by atoms with Crippen LogP contribution in [0.4, 0.5) is 0 Å². The van der Waals surface area contributed by atoms with Gasteiger partial charge in [-0.15, -0.1) is 0 Å². The number of aryl methyl sites for hydroxylation is 2. The highest BCUT2D eigenvalue weighted by Crippen LogP contribution is 2.31. The summed E-state index contributed by atoms with van der Waals surface area (Å²) in [5, 5.41) is 8.74. The molecule has 2 rings (SSSR count). The topological polar surface area (TPSA) is 46.5 Å². The first-order valence-corrected chi connectivity index (χ1v) is 7.53. The first kappa shape index (κ1) is 15.6. The molecule has 0 radical (unpaired) electrons. The highest BCUT2D eigenvalue weighted by Gasteiger charge is 2.09. The van der Waals surface area contributed by atoms with Crippen molar-refractivity contribution in [2.24, 2.45) is 0 Å². The number of benzene rings is 2. The molecular weight excluding hydrogens is 332 g/mol. The molecule has 0 amide bonds. The molecule has 0 aromatic heterocycles. The van der Waals surface area contributed by atoms with Gasteiger partial charge in [-0.2, -0.15) is 0 Å². The van der Waals surface area contributed by atoms with E-state index in [0.29, 0.717) is 13.0 Å². The lowest BCUT2D eigenvalue weighted by Crippen LogP contribution is -2.01. The van der Waals surface area contributed by atoms with Crippen molar-refractivity contribution in [1.82, 2.24) is 0 Å². The zero-order valence-corrected chi connectivity index (χ0v) is 13.4. The van der Waals surface area contributed by atoms with Crippen LogP contribution >= 0.6 is 15.9 Å². The monoisotopic (exact) mass is 348 g/mol. The van der Waals surface area contributed by atoms with E-state index in [1.165, 1.54) is 0 Å². The maximum absolute atomic E-state index is 10.6. The van der Waals surface area contributed by atoms with Crippen molar-refractivity contribution in [2.45, 2.75) is 26.4 Å². The average molecular weight is 349 g/mol. The Morgan fingerprint density at radius 2 is 1.90 bits per heavy atom. The Balaban J connectivity index is 2.08. The molecule has 0 atom stereocenters. The molecule has 0 bridgehead atoms. The van der Waals surface area contributed by atoms with Crippen molar-refractivity contribution >= 4 is 21.9 Å². The molecule has 2 aromatic carbocycles. The molecule has 2 aromatic rings. The van der Waals surface area contributed by atoms with Crippen LogP contribution in [0.5, 0.6) is 5.75 Å². The minimum absolute atomic E-state index is 0.135. The van der Waals surface area contributed by atoms with E-state index in [1.54, 1.807) is 0 Å². The summed E-state index contributed by atoms with van der Waals surface area (Å²) in [6, 6.07) is 13.9. The number of hydrogen-bond donors (Lipinski definition) is 1. The Labute approximate surface area is 132 Å². The molecule has 0 heterocycles. The van der Waals surface area contributed by atoms with Gasteiger partial charge in [0.15, 0.2) is 0 Å². The van der Waals surface area contributed by atoms with Gasteiger partial charge in [0.05, 0.1) is 4.47 Å². The molecule has 0 saturated heterocycles. The summed E-state index contributed by atoms with van der Waals surface area (Å²) >= 11 is 3.51. The number of hydrogen-bond acceptors (Lipinski definition) is 2. The predicted molar refractivity (Wildman–Crippen MR) is 85.6 cm³/mol. The number of ether oxygens (including phenoxy) is 1. The largest absolute Gasteiger partial charge is 0.487 e. The summed E-state index contributed by atoms with van der Waals surface area (Å²) in [4.78, 5) is 10.6. The Hall–Kier alpha value is -1.81. The van der Waals surface area contributed by atoms with Crippen molar-refractivity contribution < 1.29 is 14.6 Å². The first-order valence-electron chi connectivity index (χ1n) is 6.74. The Morgan fingerprint density at radius 3 is 2.52 bits per heavy atom. The quantitative estimate of drug-likeness (QED) is 0.843. The van der Waals surface area contributed by atoms with E-state index in [2.05, 4.69) is 15.9 Å². The van der Waals surface area contributed by atoms with Gasteiger partial charge in [0, 0.05) is 6.42 Å². The molecule has 1 N–H and O–H groups in total. The minimum Gasteiger partial charge on any atom is -0.487 e. The molecule has 4 heteroatoms. The molecule has 0 spiro atoms. The standard InChI is InChI=1S/C17H17BrO3/c1-12-9-14(7-8-16(19)20)10-15(18)17(12)21-11-13-5-3-2-4-6-13/h2-6,9-10H,7-8,11H2,1H3,(H,19,20). The van der Waals surface area contributed by atoms with E-state index in [9.17, 15) is 4.79 Å². The third-order valence-electron chi connectivity index (χ3n) is 3.14. The van der Waals surface area contributed by atoms with E-state index >= 15 is 0 Å². The Kier molecular flexibility index (Phi) is 5.39. The van der Waals surface area contributed by atoms with E-state index < -0.39 is 5.97 Å². The van der Waals surface area contributed by atoms with Gasteiger partial charge < -0.3 is 9.84 Å². The summed E-state index contributed by atoms with van der Waals surface area (Å²) < 4.78 is 6.73. The van der Waals surface area contributed by atoms with E-state index in [4.69, 9.17) is 9.84 Å². The van der Waals surface area contributed by atoms with Gasteiger partial charge in [-0.25, -0.2) is 0 Å². The Bertz CT molecular complexity index is 600. The van der Waals surface area contributed by atoms with Crippen LogP contribution in [0.15, 0.2) is 46.9 Å². The molecule has 21 heavy (non-hydrogen) atoms. The highest BCUT2D eigenvalue weighted by molar-refractivity contribution is 9.10. The van der Waals surface area contributed by atoms with Crippen molar-refractivity contribution in [2.75, 3.05) is 0 Å². The van der Waals surface area contributed by atoms with E-state index in [0.717, 1.165) is 26.9 Å². The Morgan fingerprint density at radius 1 is 1.19 bits per heavy atom. The molecule has 0 aliphatic rings. The number of carboxylic acid groups (broad SMARTS) is 1. The number of rotatable bonds is 6. The van der Waals surface area contributed by atoms with Gasteiger partial charge in [-0.3, -0.25) is 4.79 Å². The molecule has 110 valence electrons. The lowest BCUT2D eigenvalue weighted by atomic mass is 10.1. The molecule has 0 aliphatic carbocycles. The fourth-order valence-electron chi connectivity index (χ4n) is 2.11. The van der Waals surface area contributed by atoms with Crippen molar-refractivity contribution in [1.29, 1.82) is 0 Å². The van der Waals surface area contributed by atoms with Gasteiger partial charge in [-0.1, -0.05) is 36.4 Å². The lowest BCUT2D eigenvalue weighted by molar-refractivity contribution is -0.136. The number of carbonyl (C=O) groups is 1. The molecule has 0 aliphatic heterocycles. The maximum Gasteiger partial charge on any atom is 0.303 e. The zero-order chi connectivity index (χ0) is 15.2. The second-order valence-electron chi connectivity index (χ2n) is 4.89. The van der Waals surface area contributed by atoms with E-state index in [1.807, 2.05) is 49.4 Å². The zero-order valence-electron chi connectivity index (χ0n) is 11.8. The predicted octanol–water partition coefficient (Wildman–Crippen LogP) is 4.35. The van der Waals surface area contributed by atoms with Gasteiger partial charge in [0.25, 0.3) is 0 Å². The van der Waals surface area contributed by atoms with Crippen LogP contribution < -0.4 is 4.74 Å². The third kappa shape index (κ3) is 4.60. The summed E-state index contributed by atoms with van der Waals surface area (Å²) in [5.74, 6) is 0.0195. The summed E-state index contributed by atoms with van der Waals surface area (Å²) in [5.41, 5.74) is 3.10. The summed E-state index contributed by atoms with van der Waals surface area (Å²) in [6.45, 7) is 2.48. The van der Waals surface area contributed by atoms with Gasteiger partial charge in [0.1, 0.15) is 12.4 Å². The summed E-state index contributed by atoms with van der Waals surface area (Å²) in [7, 11) is 0. The van der Waals surface area contributed by atoms with Crippen LogP contribution in [0.25, 0.3) is 0 Å². The van der Waals surface area contributed by atoms with Crippen LogP contribution in [-0.4, -0.2) is 11.1 Å². The van der Waals surface area contributed by atoms with Crippen LogP contribution in [0.2, 0.25) is 0 Å². The van der Waals surface area contributed by atoms with Crippen LogP contribution in [0.1, 0.15) is 23.1 Å². The fourth-order valence-corrected chi connectivity index (χ4v) is 2.83. The first-order chi connectivity index (χ1) is 10.1. The molecular formula is C17H17BrO3. The van der Waals surface area contributed by atoms with Crippen LogP contribution in [-0.2, 0) is 17.8 Å². The van der Waals surface area contributed by atoms with Crippen LogP contribution in [0.3, 0.4) is 0 Å². The number of halogens is 1. The van der Waals surface area contributed by atoms with Crippen molar-refractivity contribution in [3.05, 3.63) is 63.6 Å². The molecule has 0 saturated carbocycles. The number of aliphatic carboxylic acids is 1. The van der Waals surface area contributed by atoms with Crippen LogP contribution in [0, 0.1) is 6.92 Å². The van der Waals surface area contributed by atoms with Crippen molar-refractivity contribution in [3.63, 3.8) is 0 Å². The van der Waals surface area contributed by atoms with Gasteiger partial charge >= 0.3 is 5.97 Å². The third-order valence-corrected chi connectivity index (χ3v) is 3.73. The van der Waals surface area contributed by atoms with Gasteiger partial charge in [0.2, 0.25) is 0 Å². The average Bonchev–Trinajstić information content (AvgIpc) is 2.45. The normalized spacial score (nSPS) is 10.4. The van der Waals surface area contributed by atoms with Crippen molar-refractivity contribution in [3.8, 4) is 5.75 Å². The second kappa shape index (κ2) is 7.27. The van der Waals surface area contributed by atoms with Gasteiger partial charge in [-0.05, 0) is 52.0 Å². The molecule has 0 fully saturated rings. The SMILES string of the molecule is Cc1cc(CCC(=O)O)cc(Br)c1OCc1ccccc1.